The van der Waals surface area contributed by atoms with Crippen LogP contribution in [0.3, 0.4) is 0 Å². The molecule has 1 rings (SSSR count). The number of hydrogen-bond acceptors (Lipinski definition) is 6. The zero-order valence-electron chi connectivity index (χ0n) is 17.9. The van der Waals surface area contributed by atoms with E-state index in [2.05, 4.69) is 10.6 Å². The van der Waals surface area contributed by atoms with E-state index < -0.39 is 54.1 Å². The van der Waals surface area contributed by atoms with Crippen molar-refractivity contribution >= 4 is 29.7 Å². The van der Waals surface area contributed by atoms with Crippen molar-refractivity contribution in [2.45, 2.75) is 58.1 Å². The Morgan fingerprint density at radius 2 is 1.78 bits per heavy atom. The number of carboxylic acids is 2. The van der Waals surface area contributed by atoms with Gasteiger partial charge in [-0.3, -0.25) is 14.4 Å². The molecule has 1 aromatic carbocycles. The van der Waals surface area contributed by atoms with Gasteiger partial charge in [0.05, 0.1) is 5.56 Å². The number of aryl methyl sites for hydroxylation is 1. The third-order valence-corrected chi connectivity index (χ3v) is 4.49. The number of rotatable bonds is 13. The summed E-state index contributed by atoms with van der Waals surface area (Å²) in [4.78, 5) is 57.4. The molecule has 1 aromatic rings. The predicted molar refractivity (Wildman–Crippen MR) is 110 cm³/mol. The number of nitrogens with one attached hydrogen (secondary N) is 2. The first-order valence-corrected chi connectivity index (χ1v) is 9.97. The van der Waals surface area contributed by atoms with Gasteiger partial charge in [0, 0.05) is 19.4 Å². The van der Waals surface area contributed by atoms with Crippen LogP contribution >= 0.6 is 0 Å². The highest BCUT2D eigenvalue weighted by atomic mass is 19.1. The molecule has 11 heteroatoms. The molecule has 2 atom stereocenters. The van der Waals surface area contributed by atoms with E-state index in [1.807, 2.05) is 0 Å². The fraction of sp³-hybridized carbons (Fsp3) is 0.476. The minimum absolute atomic E-state index is 0.0130. The molecule has 0 saturated heterocycles. The van der Waals surface area contributed by atoms with Crippen molar-refractivity contribution in [1.29, 1.82) is 0 Å². The smallest absolute Gasteiger partial charge is 0.408 e. The summed E-state index contributed by atoms with van der Waals surface area (Å²) >= 11 is 0. The molecule has 176 valence electrons. The van der Waals surface area contributed by atoms with Crippen molar-refractivity contribution < 1.29 is 43.3 Å². The number of hydrogen-bond donors (Lipinski definition) is 4. The van der Waals surface area contributed by atoms with Gasteiger partial charge in [0.1, 0.15) is 11.9 Å². The standard InChI is InChI=1S/C21H27FN2O8/c1-12-6-7-14(15(22)11-12)19(28)23-10-4-3-5-16(20(29)30)24-21(31)32-17(13(2)25)8-9-18(26)27/h6-7,11,16-17H,3-5,8-10H2,1-2H3,(H,23,28)(H,24,31)(H,26,27)(H,29,30)/t16-,17-/m0/s1. The molecule has 0 fully saturated rings. The molecule has 0 aliphatic heterocycles. The van der Waals surface area contributed by atoms with Gasteiger partial charge in [0.25, 0.3) is 5.91 Å². The van der Waals surface area contributed by atoms with Crippen molar-refractivity contribution in [3.63, 3.8) is 0 Å². The lowest BCUT2D eigenvalue weighted by atomic mass is 10.1. The van der Waals surface area contributed by atoms with Crippen LogP contribution in [0.4, 0.5) is 9.18 Å². The van der Waals surface area contributed by atoms with Crippen LogP contribution in [0.5, 0.6) is 0 Å². The van der Waals surface area contributed by atoms with Gasteiger partial charge < -0.3 is 25.6 Å². The summed E-state index contributed by atoms with van der Waals surface area (Å²) in [7, 11) is 0. The number of amides is 2. The first kappa shape index (κ1) is 26.5. The number of halogens is 1. The Balaban J connectivity index is 2.45. The lowest BCUT2D eigenvalue weighted by Gasteiger charge is -2.18. The predicted octanol–water partition coefficient (Wildman–Crippen LogP) is 2.04. The van der Waals surface area contributed by atoms with E-state index in [4.69, 9.17) is 9.84 Å². The van der Waals surface area contributed by atoms with Gasteiger partial charge >= 0.3 is 18.0 Å². The average Bonchev–Trinajstić information content (AvgIpc) is 2.69. The maximum Gasteiger partial charge on any atom is 0.408 e. The minimum Gasteiger partial charge on any atom is -0.481 e. The van der Waals surface area contributed by atoms with Gasteiger partial charge in [-0.1, -0.05) is 6.07 Å². The lowest BCUT2D eigenvalue weighted by Crippen LogP contribution is -2.43. The third kappa shape index (κ3) is 9.54. The second kappa shape index (κ2) is 13.0. The van der Waals surface area contributed by atoms with Gasteiger partial charge in [-0.05, 0) is 50.8 Å². The number of unbranched alkanes of at least 4 members (excludes halogenated alkanes) is 1. The van der Waals surface area contributed by atoms with Gasteiger partial charge in [0.15, 0.2) is 11.9 Å². The van der Waals surface area contributed by atoms with Crippen LogP contribution < -0.4 is 10.6 Å². The maximum absolute atomic E-state index is 13.8. The zero-order chi connectivity index (χ0) is 24.3. The highest BCUT2D eigenvalue weighted by Gasteiger charge is 2.25. The largest absolute Gasteiger partial charge is 0.481 e. The third-order valence-electron chi connectivity index (χ3n) is 4.49. The number of alkyl carbamates (subject to hydrolysis) is 1. The number of Topliss-reactive ketones (excluding diaryl/α,β-unsaturated/α-hetero) is 1. The second-order valence-electron chi connectivity index (χ2n) is 7.21. The Morgan fingerprint density at radius 3 is 2.34 bits per heavy atom. The molecule has 0 aliphatic carbocycles. The summed E-state index contributed by atoms with van der Waals surface area (Å²) in [5, 5.41) is 22.6. The van der Waals surface area contributed by atoms with Gasteiger partial charge in [-0.15, -0.1) is 0 Å². The number of ketones is 1. The van der Waals surface area contributed by atoms with E-state index in [0.717, 1.165) is 6.92 Å². The Labute approximate surface area is 184 Å². The first-order chi connectivity index (χ1) is 15.0. The summed E-state index contributed by atoms with van der Waals surface area (Å²) in [5.74, 6) is -4.27. The average molecular weight is 454 g/mol. The van der Waals surface area contributed by atoms with E-state index in [9.17, 15) is 33.5 Å². The lowest BCUT2D eigenvalue weighted by molar-refractivity contribution is -0.139. The molecular formula is C21H27FN2O8. The number of aliphatic carboxylic acids is 2. The molecule has 0 unspecified atom stereocenters. The minimum atomic E-state index is -1.32. The Hall–Kier alpha value is -3.50. The number of carbonyl (C=O) groups is 5. The SMILES string of the molecule is CC(=O)[C@H](CCC(=O)O)OC(=O)N[C@@H](CCCCNC(=O)c1ccc(C)cc1F)C(=O)O. The van der Waals surface area contributed by atoms with Crippen LogP contribution in [0.1, 0.15) is 54.9 Å². The summed E-state index contributed by atoms with van der Waals surface area (Å²) in [5.41, 5.74) is 0.590. The van der Waals surface area contributed by atoms with Crippen LogP contribution in [0.2, 0.25) is 0 Å². The van der Waals surface area contributed by atoms with Crippen molar-refractivity contribution in [2.24, 2.45) is 0 Å². The number of ether oxygens (including phenoxy) is 1. The van der Waals surface area contributed by atoms with E-state index in [0.29, 0.717) is 18.4 Å². The molecule has 0 aliphatic rings. The first-order valence-electron chi connectivity index (χ1n) is 9.97. The van der Waals surface area contributed by atoms with E-state index in [1.54, 1.807) is 13.0 Å². The Kier molecular flexibility index (Phi) is 10.8. The van der Waals surface area contributed by atoms with Crippen LogP contribution in [0.25, 0.3) is 0 Å². The summed E-state index contributed by atoms with van der Waals surface area (Å²) in [6.45, 7) is 3.00. The molecule has 4 N–H and O–H groups in total. The van der Waals surface area contributed by atoms with Gasteiger partial charge in [0.2, 0.25) is 0 Å². The monoisotopic (exact) mass is 454 g/mol. The summed E-state index contributed by atoms with van der Waals surface area (Å²) in [6.07, 6.45) is -2.37. The van der Waals surface area contributed by atoms with Crippen molar-refractivity contribution in [1.82, 2.24) is 10.6 Å². The molecule has 0 saturated carbocycles. The number of carbonyl (C=O) groups excluding carboxylic acids is 3. The molecule has 0 aromatic heterocycles. The second-order valence-corrected chi connectivity index (χ2v) is 7.21. The van der Waals surface area contributed by atoms with Gasteiger partial charge in [-0.2, -0.15) is 0 Å². The van der Waals surface area contributed by atoms with E-state index >= 15 is 0 Å². The van der Waals surface area contributed by atoms with Crippen LogP contribution in [0.15, 0.2) is 18.2 Å². The summed E-state index contributed by atoms with van der Waals surface area (Å²) < 4.78 is 18.6. The van der Waals surface area contributed by atoms with Gasteiger partial charge in [-0.25, -0.2) is 14.0 Å². The highest BCUT2D eigenvalue weighted by molar-refractivity contribution is 5.94. The quantitative estimate of drug-likeness (QED) is 0.330. The Morgan fingerprint density at radius 1 is 1.09 bits per heavy atom. The van der Waals surface area contributed by atoms with Crippen molar-refractivity contribution in [3.8, 4) is 0 Å². The molecule has 0 radical (unpaired) electrons. The normalized spacial score (nSPS) is 12.3. The molecular weight excluding hydrogens is 427 g/mol. The Bertz CT molecular complexity index is 858. The van der Waals surface area contributed by atoms with E-state index in [1.165, 1.54) is 12.1 Å². The molecule has 0 heterocycles. The van der Waals surface area contributed by atoms with E-state index in [-0.39, 0.29) is 24.9 Å². The van der Waals surface area contributed by atoms with Crippen LogP contribution in [-0.2, 0) is 19.1 Å². The molecule has 32 heavy (non-hydrogen) atoms. The highest BCUT2D eigenvalue weighted by Crippen LogP contribution is 2.10. The topological polar surface area (TPSA) is 159 Å². The molecule has 0 bridgehead atoms. The molecule has 0 spiro atoms. The summed E-state index contributed by atoms with van der Waals surface area (Å²) in [6, 6.07) is 2.93. The van der Waals surface area contributed by atoms with Crippen molar-refractivity contribution in [3.05, 3.63) is 35.1 Å². The molecule has 2 amide bonds. The fourth-order valence-electron chi connectivity index (χ4n) is 2.74. The van der Waals surface area contributed by atoms with Crippen LogP contribution in [0, 0.1) is 12.7 Å². The number of carboxylic acid groups (broad SMARTS) is 2. The van der Waals surface area contributed by atoms with Crippen molar-refractivity contribution in [2.75, 3.05) is 6.54 Å². The number of benzene rings is 1. The molecule has 10 nitrogen and oxygen atoms in total. The maximum atomic E-state index is 13.8. The fourth-order valence-corrected chi connectivity index (χ4v) is 2.74. The van der Waals surface area contributed by atoms with Crippen LogP contribution in [-0.4, -0.2) is 58.6 Å². The zero-order valence-corrected chi connectivity index (χ0v) is 17.9.